The number of halogens is 1. The highest BCUT2D eigenvalue weighted by atomic mass is 35.5. The van der Waals surface area contributed by atoms with Gasteiger partial charge in [-0.1, -0.05) is 30.7 Å². The minimum absolute atomic E-state index is 0.0118. The second-order valence-corrected chi connectivity index (χ2v) is 6.35. The molecule has 0 radical (unpaired) electrons. The molecule has 3 N–H and O–H groups in total. The van der Waals surface area contributed by atoms with Gasteiger partial charge in [0.15, 0.2) is 13.1 Å². The number of anilines is 1. The van der Waals surface area contributed by atoms with Gasteiger partial charge in [-0.2, -0.15) is 0 Å². The van der Waals surface area contributed by atoms with Gasteiger partial charge >= 0.3 is 0 Å². The first-order chi connectivity index (χ1) is 11.8. The highest BCUT2D eigenvalue weighted by Gasteiger charge is 2.19. The largest absolute Gasteiger partial charge is 0.355 e. The average molecular weight is 370 g/mol. The molecule has 1 unspecified atom stereocenters. The Labute approximate surface area is 153 Å². The number of para-hydroxylation sites is 1. The van der Waals surface area contributed by atoms with Crippen LogP contribution in [0.4, 0.5) is 5.69 Å². The van der Waals surface area contributed by atoms with Crippen molar-refractivity contribution in [3.63, 3.8) is 0 Å². The predicted molar refractivity (Wildman–Crippen MR) is 97.6 cm³/mol. The second kappa shape index (κ2) is 10.7. The number of hydrogen-bond donors (Lipinski definition) is 3. The summed E-state index contributed by atoms with van der Waals surface area (Å²) in [6, 6.07) is 6.96. The first-order valence-electron chi connectivity index (χ1n) is 8.19. The molecule has 1 atom stereocenters. The molecule has 138 valence electrons. The molecule has 1 rings (SSSR count). The van der Waals surface area contributed by atoms with Crippen molar-refractivity contribution in [1.82, 2.24) is 10.2 Å². The van der Waals surface area contributed by atoms with Crippen LogP contribution in [0.25, 0.3) is 0 Å². The maximum atomic E-state index is 12.1. The summed E-state index contributed by atoms with van der Waals surface area (Å²) in [4.78, 5) is 37.9. The first kappa shape index (κ1) is 20.9. The minimum Gasteiger partial charge on any atom is -0.355 e. The lowest BCUT2D eigenvalue weighted by Gasteiger charge is -2.19. The monoisotopic (exact) mass is 369 g/mol. The highest BCUT2D eigenvalue weighted by molar-refractivity contribution is 6.33. The van der Waals surface area contributed by atoms with Gasteiger partial charge < -0.3 is 20.4 Å². The summed E-state index contributed by atoms with van der Waals surface area (Å²) in [6.07, 6.45) is 0.844. The summed E-state index contributed by atoms with van der Waals surface area (Å²) >= 11 is 6.00. The fraction of sp³-hybridized carbons (Fsp3) is 0.471. The quantitative estimate of drug-likeness (QED) is 0.562. The summed E-state index contributed by atoms with van der Waals surface area (Å²) in [5, 5.41) is 5.90. The standard InChI is InChI=1S/C17H25ClN4O3/c1-4-9-19-15(23)11-22(3)17(25)12-21(2)10-16(24)20-14-8-6-5-7-13(14)18/h5-8H,4,9-12H2,1-3H3,(H,19,23)(H,20,24)/p+1. The number of hydrogen-bond acceptors (Lipinski definition) is 3. The van der Waals surface area contributed by atoms with E-state index in [2.05, 4.69) is 10.6 Å². The van der Waals surface area contributed by atoms with Crippen molar-refractivity contribution in [2.75, 3.05) is 45.6 Å². The normalized spacial score (nSPS) is 11.5. The van der Waals surface area contributed by atoms with Crippen molar-refractivity contribution in [3.8, 4) is 0 Å². The van der Waals surface area contributed by atoms with Gasteiger partial charge in [0.25, 0.3) is 11.8 Å². The summed E-state index contributed by atoms with van der Waals surface area (Å²) in [7, 11) is 3.32. The Hall–Kier alpha value is -2.12. The van der Waals surface area contributed by atoms with E-state index in [0.717, 1.165) is 11.3 Å². The van der Waals surface area contributed by atoms with E-state index in [4.69, 9.17) is 11.6 Å². The molecule has 0 aromatic heterocycles. The van der Waals surface area contributed by atoms with Gasteiger partial charge in [0, 0.05) is 13.6 Å². The van der Waals surface area contributed by atoms with Crippen molar-refractivity contribution in [2.45, 2.75) is 13.3 Å². The van der Waals surface area contributed by atoms with Gasteiger partial charge in [-0.3, -0.25) is 14.4 Å². The van der Waals surface area contributed by atoms with Crippen LogP contribution in [0.2, 0.25) is 5.02 Å². The molecule has 0 heterocycles. The van der Waals surface area contributed by atoms with E-state index in [-0.39, 0.29) is 37.4 Å². The molecule has 3 amide bonds. The molecule has 0 aliphatic heterocycles. The average Bonchev–Trinajstić information content (AvgIpc) is 2.54. The molecule has 0 aliphatic carbocycles. The third-order valence-corrected chi connectivity index (χ3v) is 3.77. The molecule has 1 aromatic carbocycles. The van der Waals surface area contributed by atoms with Crippen LogP contribution >= 0.6 is 11.6 Å². The minimum atomic E-state index is -0.234. The van der Waals surface area contributed by atoms with Crippen molar-refractivity contribution in [1.29, 1.82) is 0 Å². The predicted octanol–water partition coefficient (Wildman–Crippen LogP) is -0.222. The molecule has 0 bridgehead atoms. The maximum absolute atomic E-state index is 12.1. The van der Waals surface area contributed by atoms with E-state index < -0.39 is 0 Å². The number of likely N-dealkylation sites (N-methyl/N-ethyl adjacent to an activating group) is 2. The molecule has 25 heavy (non-hydrogen) atoms. The zero-order valence-electron chi connectivity index (χ0n) is 14.9. The summed E-state index contributed by atoms with van der Waals surface area (Å²) in [5.41, 5.74) is 0.540. The number of quaternary nitrogens is 1. The SMILES string of the molecule is CCCNC(=O)CN(C)C(=O)C[NH+](C)CC(=O)Nc1ccccc1Cl. The van der Waals surface area contributed by atoms with E-state index in [1.54, 1.807) is 38.4 Å². The molecule has 1 aromatic rings. The third kappa shape index (κ3) is 8.00. The van der Waals surface area contributed by atoms with Crippen molar-refractivity contribution < 1.29 is 19.3 Å². The Morgan fingerprint density at radius 3 is 2.48 bits per heavy atom. The molecular weight excluding hydrogens is 344 g/mol. The zero-order valence-corrected chi connectivity index (χ0v) is 15.7. The molecule has 0 saturated carbocycles. The molecular formula is C17H26ClN4O3+. The number of benzene rings is 1. The van der Waals surface area contributed by atoms with E-state index in [1.807, 2.05) is 6.92 Å². The van der Waals surface area contributed by atoms with Gasteiger partial charge in [-0.05, 0) is 18.6 Å². The Bertz CT molecular complexity index is 609. The molecule has 7 nitrogen and oxygen atoms in total. The Morgan fingerprint density at radius 2 is 1.84 bits per heavy atom. The molecule has 8 heteroatoms. The number of nitrogens with zero attached hydrogens (tertiary/aromatic N) is 1. The molecule has 0 fully saturated rings. The lowest BCUT2D eigenvalue weighted by molar-refractivity contribution is -0.862. The second-order valence-electron chi connectivity index (χ2n) is 5.94. The zero-order chi connectivity index (χ0) is 18.8. The van der Waals surface area contributed by atoms with Crippen LogP contribution in [0, 0.1) is 0 Å². The van der Waals surface area contributed by atoms with Crippen LogP contribution in [0.3, 0.4) is 0 Å². The van der Waals surface area contributed by atoms with Gasteiger partial charge in [0.05, 0.1) is 24.3 Å². The first-order valence-corrected chi connectivity index (χ1v) is 8.57. The fourth-order valence-corrected chi connectivity index (χ4v) is 2.29. The van der Waals surface area contributed by atoms with Crippen LogP contribution in [0.5, 0.6) is 0 Å². The van der Waals surface area contributed by atoms with Gasteiger partial charge in [0.2, 0.25) is 5.91 Å². The number of nitrogens with one attached hydrogen (secondary N) is 3. The van der Waals surface area contributed by atoms with Gasteiger partial charge in [-0.25, -0.2) is 0 Å². The fourth-order valence-electron chi connectivity index (χ4n) is 2.11. The number of carbonyl (C=O) groups excluding carboxylic acids is 3. The van der Waals surface area contributed by atoms with Crippen LogP contribution in [-0.4, -0.2) is 62.9 Å². The Morgan fingerprint density at radius 1 is 1.16 bits per heavy atom. The number of carbonyl (C=O) groups is 3. The number of amides is 3. The lowest BCUT2D eigenvalue weighted by atomic mass is 10.3. The Kier molecular flexibility index (Phi) is 8.94. The van der Waals surface area contributed by atoms with E-state index in [1.165, 1.54) is 4.90 Å². The smallest absolute Gasteiger partial charge is 0.279 e. The molecule has 0 saturated heterocycles. The van der Waals surface area contributed by atoms with E-state index in [0.29, 0.717) is 17.3 Å². The van der Waals surface area contributed by atoms with Crippen molar-refractivity contribution in [3.05, 3.63) is 29.3 Å². The maximum Gasteiger partial charge on any atom is 0.279 e. The van der Waals surface area contributed by atoms with Crippen LogP contribution in [-0.2, 0) is 14.4 Å². The Balaban J connectivity index is 2.40. The topological polar surface area (TPSA) is 83.0 Å². The molecule has 0 spiro atoms. The van der Waals surface area contributed by atoms with E-state index in [9.17, 15) is 14.4 Å². The van der Waals surface area contributed by atoms with Crippen LogP contribution in [0.1, 0.15) is 13.3 Å². The van der Waals surface area contributed by atoms with Crippen LogP contribution in [0.15, 0.2) is 24.3 Å². The van der Waals surface area contributed by atoms with Crippen molar-refractivity contribution >= 4 is 35.0 Å². The van der Waals surface area contributed by atoms with Crippen molar-refractivity contribution in [2.24, 2.45) is 0 Å². The number of rotatable bonds is 9. The lowest BCUT2D eigenvalue weighted by Crippen LogP contribution is -3.11. The third-order valence-electron chi connectivity index (χ3n) is 3.44. The highest BCUT2D eigenvalue weighted by Crippen LogP contribution is 2.19. The summed E-state index contributed by atoms with van der Waals surface area (Å²) in [6.45, 7) is 2.80. The summed E-state index contributed by atoms with van der Waals surface area (Å²) in [5.74, 6) is -0.622. The van der Waals surface area contributed by atoms with Gasteiger partial charge in [-0.15, -0.1) is 0 Å². The molecule has 0 aliphatic rings. The van der Waals surface area contributed by atoms with Gasteiger partial charge in [0.1, 0.15) is 0 Å². The van der Waals surface area contributed by atoms with Crippen LogP contribution < -0.4 is 15.5 Å². The van der Waals surface area contributed by atoms with E-state index >= 15 is 0 Å². The summed E-state index contributed by atoms with van der Waals surface area (Å²) < 4.78 is 0.